The summed E-state index contributed by atoms with van der Waals surface area (Å²) in [6.07, 6.45) is -3.35. The Balaban J connectivity index is 2.31. The van der Waals surface area contributed by atoms with Gasteiger partial charge in [-0.05, 0) is 6.92 Å². The van der Waals surface area contributed by atoms with E-state index in [1.54, 1.807) is 0 Å². The number of aliphatic hydroxyl groups is 2. The fraction of sp³-hybridized carbons (Fsp3) is 0.545. The van der Waals surface area contributed by atoms with E-state index in [4.69, 9.17) is 15.6 Å². The standard InChI is InChI=1S/C11H15F2N3O3/c1-5-15-9(14)6(12)3-16(5)10-11(2,18)8(13)7(4-17)19-10/h3,7-8,10,17-18H,1,4H2,2H3,(H2,14,15)/t7-,8+,10-,11?/m1/s1. The average Bonchev–Trinajstić information content (AvgIpc) is 2.56. The van der Waals surface area contributed by atoms with Crippen LogP contribution in [0.4, 0.5) is 8.78 Å². The van der Waals surface area contributed by atoms with Gasteiger partial charge in [0.15, 0.2) is 24.1 Å². The van der Waals surface area contributed by atoms with E-state index in [0.717, 1.165) is 11.1 Å². The van der Waals surface area contributed by atoms with Crippen LogP contribution in [0, 0.1) is 0 Å². The lowest BCUT2D eigenvalue weighted by Crippen LogP contribution is -2.50. The van der Waals surface area contributed by atoms with Gasteiger partial charge in [0, 0.05) is 6.20 Å². The number of aliphatic imine (C=N–C) groups is 1. The van der Waals surface area contributed by atoms with Crippen molar-refractivity contribution in [3.05, 3.63) is 24.4 Å². The van der Waals surface area contributed by atoms with Gasteiger partial charge in [0.1, 0.15) is 17.5 Å². The van der Waals surface area contributed by atoms with Crippen molar-refractivity contribution in [1.29, 1.82) is 0 Å². The Morgan fingerprint density at radius 3 is 2.84 bits per heavy atom. The van der Waals surface area contributed by atoms with E-state index in [-0.39, 0.29) is 11.7 Å². The molecule has 0 amide bonds. The van der Waals surface area contributed by atoms with Crippen LogP contribution in [0.15, 0.2) is 29.4 Å². The number of amidine groups is 1. The highest BCUT2D eigenvalue weighted by atomic mass is 19.1. The van der Waals surface area contributed by atoms with Crippen molar-refractivity contribution in [2.45, 2.75) is 31.0 Å². The Labute approximate surface area is 108 Å². The lowest BCUT2D eigenvalue weighted by molar-refractivity contribution is -0.107. The summed E-state index contributed by atoms with van der Waals surface area (Å²) in [6.45, 7) is 4.13. The third-order valence-corrected chi connectivity index (χ3v) is 3.17. The lowest BCUT2D eigenvalue weighted by Gasteiger charge is -2.35. The van der Waals surface area contributed by atoms with Crippen LogP contribution in [-0.2, 0) is 4.74 Å². The minimum atomic E-state index is -1.95. The molecule has 0 aromatic carbocycles. The molecule has 0 aliphatic carbocycles. The Bertz CT molecular complexity index is 464. The third kappa shape index (κ3) is 2.11. The van der Waals surface area contributed by atoms with Crippen molar-refractivity contribution < 1.29 is 23.7 Å². The van der Waals surface area contributed by atoms with Gasteiger partial charge in [0.2, 0.25) is 0 Å². The van der Waals surface area contributed by atoms with Gasteiger partial charge in [-0.1, -0.05) is 6.58 Å². The van der Waals surface area contributed by atoms with Crippen molar-refractivity contribution >= 4 is 5.84 Å². The second-order valence-corrected chi connectivity index (χ2v) is 4.63. The molecule has 4 N–H and O–H groups in total. The summed E-state index contributed by atoms with van der Waals surface area (Å²) >= 11 is 0. The van der Waals surface area contributed by atoms with Gasteiger partial charge in [-0.2, -0.15) is 0 Å². The van der Waals surface area contributed by atoms with Gasteiger partial charge in [-0.15, -0.1) is 0 Å². The lowest BCUT2D eigenvalue weighted by atomic mass is 9.97. The van der Waals surface area contributed by atoms with E-state index in [0.29, 0.717) is 0 Å². The Kier molecular flexibility index (Phi) is 3.33. The summed E-state index contributed by atoms with van der Waals surface area (Å²) in [5.41, 5.74) is 3.33. The van der Waals surface area contributed by atoms with Gasteiger partial charge in [-0.25, -0.2) is 13.8 Å². The Hall–Kier alpha value is -1.51. The van der Waals surface area contributed by atoms with Crippen molar-refractivity contribution in [3.63, 3.8) is 0 Å². The number of nitrogens with zero attached hydrogens (tertiary/aromatic N) is 2. The zero-order chi connectivity index (χ0) is 14.4. The molecule has 0 aromatic heterocycles. The molecule has 106 valence electrons. The van der Waals surface area contributed by atoms with E-state index >= 15 is 0 Å². The van der Waals surface area contributed by atoms with Crippen molar-refractivity contribution in [2.24, 2.45) is 10.7 Å². The largest absolute Gasteiger partial charge is 0.394 e. The van der Waals surface area contributed by atoms with E-state index in [1.165, 1.54) is 6.92 Å². The fourth-order valence-electron chi connectivity index (χ4n) is 2.08. The summed E-state index contributed by atoms with van der Waals surface area (Å²) in [5.74, 6) is -1.18. The monoisotopic (exact) mass is 275 g/mol. The van der Waals surface area contributed by atoms with Gasteiger partial charge >= 0.3 is 0 Å². The molecule has 1 fully saturated rings. The van der Waals surface area contributed by atoms with Crippen LogP contribution in [0.3, 0.4) is 0 Å². The average molecular weight is 275 g/mol. The van der Waals surface area contributed by atoms with Gasteiger partial charge in [-0.3, -0.25) is 0 Å². The summed E-state index contributed by atoms with van der Waals surface area (Å²) in [4.78, 5) is 4.69. The van der Waals surface area contributed by atoms with Crippen molar-refractivity contribution in [3.8, 4) is 0 Å². The number of halogens is 2. The predicted molar refractivity (Wildman–Crippen MR) is 63.1 cm³/mol. The number of hydrogen-bond acceptors (Lipinski definition) is 6. The van der Waals surface area contributed by atoms with Crippen molar-refractivity contribution in [2.75, 3.05) is 6.61 Å². The van der Waals surface area contributed by atoms with Crippen LogP contribution in [0.1, 0.15) is 6.92 Å². The number of rotatable bonds is 2. The first-order valence-corrected chi connectivity index (χ1v) is 5.61. The maximum absolute atomic E-state index is 13.9. The first-order chi connectivity index (χ1) is 8.78. The van der Waals surface area contributed by atoms with E-state index in [9.17, 15) is 13.9 Å². The number of nitrogens with two attached hydrogens (primary N) is 1. The highest BCUT2D eigenvalue weighted by Crippen LogP contribution is 2.37. The molecule has 1 saturated heterocycles. The second-order valence-electron chi connectivity index (χ2n) is 4.63. The summed E-state index contributed by atoms with van der Waals surface area (Å²) in [7, 11) is 0. The maximum Gasteiger partial charge on any atom is 0.181 e. The van der Waals surface area contributed by atoms with E-state index < -0.39 is 36.5 Å². The molecule has 0 radical (unpaired) electrons. The number of hydrogen-bond donors (Lipinski definition) is 3. The SMILES string of the molecule is C=C1N=C(N)C(F)=CN1[C@@H]1O[C@H](CO)[C@H](F)C1(C)O. The van der Waals surface area contributed by atoms with Gasteiger partial charge in [0.25, 0.3) is 0 Å². The molecule has 0 bridgehead atoms. The zero-order valence-corrected chi connectivity index (χ0v) is 10.3. The first-order valence-electron chi connectivity index (χ1n) is 5.61. The minimum Gasteiger partial charge on any atom is -0.394 e. The first kappa shape index (κ1) is 13.9. The normalized spacial score (nSPS) is 39.3. The van der Waals surface area contributed by atoms with Gasteiger partial charge in [0.05, 0.1) is 6.61 Å². The molecular formula is C11H15F2N3O3. The molecule has 6 nitrogen and oxygen atoms in total. The third-order valence-electron chi connectivity index (χ3n) is 3.17. The summed E-state index contributed by atoms with van der Waals surface area (Å²) < 4.78 is 32.5. The van der Waals surface area contributed by atoms with Crippen LogP contribution in [-0.4, -0.2) is 51.7 Å². The highest BCUT2D eigenvalue weighted by Gasteiger charge is 2.56. The van der Waals surface area contributed by atoms with Crippen molar-refractivity contribution in [1.82, 2.24) is 4.90 Å². The molecule has 2 aliphatic rings. The van der Waals surface area contributed by atoms with Crippen LogP contribution in [0.2, 0.25) is 0 Å². The molecule has 19 heavy (non-hydrogen) atoms. The number of ether oxygens (including phenoxy) is 1. The molecule has 1 unspecified atom stereocenters. The Morgan fingerprint density at radius 1 is 1.68 bits per heavy atom. The fourth-order valence-corrected chi connectivity index (χ4v) is 2.08. The molecule has 0 spiro atoms. The maximum atomic E-state index is 13.9. The zero-order valence-electron chi connectivity index (χ0n) is 10.3. The smallest absolute Gasteiger partial charge is 0.181 e. The Morgan fingerprint density at radius 2 is 2.32 bits per heavy atom. The molecule has 4 atom stereocenters. The molecule has 2 heterocycles. The molecule has 0 aromatic rings. The molecule has 2 aliphatic heterocycles. The molecule has 0 saturated carbocycles. The second kappa shape index (κ2) is 4.55. The highest BCUT2D eigenvalue weighted by molar-refractivity contribution is 5.96. The minimum absolute atomic E-state index is 0.00923. The topological polar surface area (TPSA) is 91.3 Å². The van der Waals surface area contributed by atoms with Crippen LogP contribution in [0.25, 0.3) is 0 Å². The quantitative estimate of drug-likeness (QED) is 0.646. The predicted octanol–water partition coefficient (Wildman–Crippen LogP) is -0.252. The number of alkyl halides is 1. The summed E-state index contributed by atoms with van der Waals surface area (Å²) in [6, 6.07) is 0. The van der Waals surface area contributed by atoms with Crippen LogP contribution in [0.5, 0.6) is 0 Å². The molecular weight excluding hydrogens is 260 g/mol. The van der Waals surface area contributed by atoms with Crippen LogP contribution < -0.4 is 5.73 Å². The van der Waals surface area contributed by atoms with E-state index in [1.807, 2.05) is 0 Å². The molecule has 8 heteroatoms. The van der Waals surface area contributed by atoms with E-state index in [2.05, 4.69) is 11.6 Å². The number of aliphatic hydroxyl groups excluding tert-OH is 1. The summed E-state index contributed by atoms with van der Waals surface area (Å²) in [5, 5.41) is 19.1. The van der Waals surface area contributed by atoms with Gasteiger partial charge < -0.3 is 25.6 Å². The molecule has 2 rings (SSSR count). The van der Waals surface area contributed by atoms with Crippen LogP contribution >= 0.6 is 0 Å².